The monoisotopic (exact) mass is 342 g/mol. The Kier molecular flexibility index (Phi) is 4.97. The second kappa shape index (κ2) is 6.35. The summed E-state index contributed by atoms with van der Waals surface area (Å²) in [5.74, 6) is -0.283. The molecule has 0 aromatic heterocycles. The van der Waals surface area contributed by atoms with E-state index in [0.29, 0.717) is 29.8 Å². The third-order valence-corrected chi connectivity index (χ3v) is 4.60. The van der Waals surface area contributed by atoms with Gasteiger partial charge in [-0.1, -0.05) is 19.4 Å². The number of Topliss-reactive ketones (excluding diaryl/α,β-unsaturated/α-hetero) is 1. The van der Waals surface area contributed by atoms with Gasteiger partial charge in [-0.25, -0.2) is 4.39 Å². The van der Waals surface area contributed by atoms with Crippen molar-refractivity contribution in [2.24, 2.45) is 5.92 Å². The van der Waals surface area contributed by atoms with Gasteiger partial charge in [-0.15, -0.1) is 0 Å². The zero-order chi connectivity index (χ0) is 14.8. The first-order valence-electron chi connectivity index (χ1n) is 7.13. The average Bonchev–Trinajstić information content (AvgIpc) is 2.41. The van der Waals surface area contributed by atoms with Crippen molar-refractivity contribution in [1.29, 1.82) is 0 Å². The molecule has 2 atom stereocenters. The van der Waals surface area contributed by atoms with Crippen LogP contribution in [0.15, 0.2) is 22.7 Å². The van der Waals surface area contributed by atoms with Crippen LogP contribution in [0.25, 0.3) is 0 Å². The second-order valence-electron chi connectivity index (χ2n) is 5.56. The molecule has 0 spiro atoms. The SMILES string of the molecule is CCOC1(C(=O)c2cccc(Br)c2F)CCCC(C)C1. The van der Waals surface area contributed by atoms with Crippen LogP contribution < -0.4 is 0 Å². The molecule has 0 aliphatic heterocycles. The summed E-state index contributed by atoms with van der Waals surface area (Å²) in [6.07, 6.45) is 3.40. The zero-order valence-electron chi connectivity index (χ0n) is 11.9. The number of hydrogen-bond acceptors (Lipinski definition) is 2. The van der Waals surface area contributed by atoms with Crippen LogP contribution in [0.3, 0.4) is 0 Å². The smallest absolute Gasteiger partial charge is 0.197 e. The first-order valence-corrected chi connectivity index (χ1v) is 7.92. The van der Waals surface area contributed by atoms with E-state index in [2.05, 4.69) is 22.9 Å². The maximum Gasteiger partial charge on any atom is 0.197 e. The van der Waals surface area contributed by atoms with E-state index < -0.39 is 11.4 Å². The van der Waals surface area contributed by atoms with Crippen molar-refractivity contribution in [2.75, 3.05) is 6.61 Å². The minimum atomic E-state index is -0.853. The van der Waals surface area contributed by atoms with Crippen LogP contribution in [-0.2, 0) is 4.74 Å². The Bertz CT molecular complexity index is 499. The summed E-state index contributed by atoms with van der Waals surface area (Å²) >= 11 is 3.14. The number of benzene rings is 1. The first kappa shape index (κ1) is 15.6. The van der Waals surface area contributed by atoms with Gasteiger partial charge in [-0.2, -0.15) is 0 Å². The molecular weight excluding hydrogens is 323 g/mol. The molecule has 0 bridgehead atoms. The van der Waals surface area contributed by atoms with E-state index in [1.54, 1.807) is 18.2 Å². The van der Waals surface area contributed by atoms with E-state index in [-0.39, 0.29) is 11.3 Å². The minimum absolute atomic E-state index is 0.127. The Labute approximate surface area is 127 Å². The summed E-state index contributed by atoms with van der Waals surface area (Å²) in [5.41, 5.74) is -0.726. The second-order valence-corrected chi connectivity index (χ2v) is 6.41. The van der Waals surface area contributed by atoms with Gasteiger partial charge in [0.15, 0.2) is 5.78 Å². The summed E-state index contributed by atoms with van der Waals surface area (Å²) in [4.78, 5) is 12.8. The van der Waals surface area contributed by atoms with Gasteiger partial charge in [0.1, 0.15) is 11.4 Å². The fourth-order valence-corrected chi connectivity index (χ4v) is 3.47. The van der Waals surface area contributed by atoms with Gasteiger partial charge < -0.3 is 4.74 Å². The fraction of sp³-hybridized carbons (Fsp3) is 0.562. The first-order chi connectivity index (χ1) is 9.50. The molecule has 2 rings (SSSR count). The molecule has 0 heterocycles. The number of rotatable bonds is 4. The zero-order valence-corrected chi connectivity index (χ0v) is 13.5. The Morgan fingerprint density at radius 1 is 1.55 bits per heavy atom. The van der Waals surface area contributed by atoms with Crippen LogP contribution in [0.1, 0.15) is 49.9 Å². The third-order valence-electron chi connectivity index (χ3n) is 3.99. The van der Waals surface area contributed by atoms with E-state index in [1.807, 2.05) is 6.92 Å². The summed E-state index contributed by atoms with van der Waals surface area (Å²) in [5, 5.41) is 0. The number of ketones is 1. The van der Waals surface area contributed by atoms with Crippen LogP contribution in [0.5, 0.6) is 0 Å². The molecule has 1 aliphatic rings. The lowest BCUT2D eigenvalue weighted by Gasteiger charge is -2.38. The van der Waals surface area contributed by atoms with Crippen LogP contribution in [0.2, 0.25) is 0 Å². The molecule has 20 heavy (non-hydrogen) atoms. The highest BCUT2D eigenvalue weighted by Gasteiger charge is 2.43. The van der Waals surface area contributed by atoms with E-state index in [9.17, 15) is 9.18 Å². The highest BCUT2D eigenvalue weighted by Crippen LogP contribution is 2.38. The highest BCUT2D eigenvalue weighted by molar-refractivity contribution is 9.10. The normalized spacial score (nSPS) is 26.5. The number of hydrogen-bond donors (Lipinski definition) is 0. The molecule has 110 valence electrons. The summed E-state index contributed by atoms with van der Waals surface area (Å²) < 4.78 is 20.3. The molecule has 0 radical (unpaired) electrons. The van der Waals surface area contributed by atoms with Gasteiger partial charge in [0.2, 0.25) is 0 Å². The summed E-state index contributed by atoms with van der Waals surface area (Å²) in [6.45, 7) is 4.47. The maximum atomic E-state index is 14.2. The molecule has 2 nitrogen and oxygen atoms in total. The Morgan fingerprint density at radius 3 is 2.95 bits per heavy atom. The molecule has 0 amide bonds. The molecule has 2 unspecified atom stereocenters. The molecule has 4 heteroatoms. The van der Waals surface area contributed by atoms with Crippen molar-refractivity contribution in [3.63, 3.8) is 0 Å². The summed E-state index contributed by atoms with van der Waals surface area (Å²) in [6, 6.07) is 4.83. The van der Waals surface area contributed by atoms with E-state index in [0.717, 1.165) is 12.8 Å². The molecule has 1 fully saturated rings. The van der Waals surface area contributed by atoms with Crippen molar-refractivity contribution in [3.8, 4) is 0 Å². The lowest BCUT2D eigenvalue weighted by atomic mass is 9.74. The van der Waals surface area contributed by atoms with Gasteiger partial charge in [0.05, 0.1) is 10.0 Å². The molecule has 1 saturated carbocycles. The maximum absolute atomic E-state index is 14.2. The van der Waals surface area contributed by atoms with Crippen molar-refractivity contribution < 1.29 is 13.9 Å². The lowest BCUT2D eigenvalue weighted by Crippen LogP contribution is -2.45. The summed E-state index contributed by atoms with van der Waals surface area (Å²) in [7, 11) is 0. The van der Waals surface area contributed by atoms with Gasteiger partial charge in [-0.05, 0) is 60.2 Å². The number of halogens is 2. The molecule has 1 aromatic carbocycles. The largest absolute Gasteiger partial charge is 0.367 e. The van der Waals surface area contributed by atoms with Gasteiger partial charge in [0, 0.05) is 6.61 Å². The molecular formula is C16H20BrFO2. The van der Waals surface area contributed by atoms with Crippen LogP contribution in [0, 0.1) is 11.7 Å². The van der Waals surface area contributed by atoms with Gasteiger partial charge in [-0.3, -0.25) is 4.79 Å². The predicted molar refractivity (Wildman–Crippen MR) is 80.4 cm³/mol. The highest BCUT2D eigenvalue weighted by atomic mass is 79.9. The molecule has 1 aromatic rings. The van der Waals surface area contributed by atoms with Crippen LogP contribution in [0.4, 0.5) is 4.39 Å². The van der Waals surface area contributed by atoms with Crippen LogP contribution >= 0.6 is 15.9 Å². The third kappa shape index (κ3) is 2.96. The minimum Gasteiger partial charge on any atom is -0.367 e. The number of carbonyl (C=O) groups is 1. The topological polar surface area (TPSA) is 26.3 Å². The van der Waals surface area contributed by atoms with E-state index in [4.69, 9.17) is 4.74 Å². The van der Waals surface area contributed by atoms with Crippen LogP contribution in [-0.4, -0.2) is 18.0 Å². The molecule has 0 N–H and O–H groups in total. The van der Waals surface area contributed by atoms with E-state index in [1.165, 1.54) is 0 Å². The molecule has 0 saturated heterocycles. The number of carbonyl (C=O) groups excluding carboxylic acids is 1. The quantitative estimate of drug-likeness (QED) is 0.737. The Hall–Kier alpha value is -0.740. The van der Waals surface area contributed by atoms with Crippen molar-refractivity contribution in [1.82, 2.24) is 0 Å². The standard InChI is InChI=1S/C16H20BrFO2/c1-3-20-16(9-5-6-11(2)10-16)15(19)12-7-4-8-13(17)14(12)18/h4,7-8,11H,3,5-6,9-10H2,1-2H3. The fourth-order valence-electron chi connectivity index (χ4n) is 3.11. The molecule has 1 aliphatic carbocycles. The predicted octanol–water partition coefficient (Wildman–Crippen LogP) is 4.76. The average molecular weight is 343 g/mol. The van der Waals surface area contributed by atoms with E-state index >= 15 is 0 Å². The lowest BCUT2D eigenvalue weighted by molar-refractivity contribution is -0.0513. The Morgan fingerprint density at radius 2 is 2.30 bits per heavy atom. The van der Waals surface area contributed by atoms with Gasteiger partial charge >= 0.3 is 0 Å². The Balaban J connectivity index is 2.38. The van der Waals surface area contributed by atoms with Crippen molar-refractivity contribution >= 4 is 21.7 Å². The van der Waals surface area contributed by atoms with Crippen molar-refractivity contribution in [2.45, 2.75) is 45.1 Å². The van der Waals surface area contributed by atoms with Crippen molar-refractivity contribution in [3.05, 3.63) is 34.1 Å². The van der Waals surface area contributed by atoms with Gasteiger partial charge in [0.25, 0.3) is 0 Å². The number of ether oxygens (including phenoxy) is 1.